The number of ether oxygens (including phenoxy) is 2. The Hall–Kier alpha value is -4.43. The van der Waals surface area contributed by atoms with Gasteiger partial charge in [0.25, 0.3) is 11.5 Å². The smallest absolute Gasteiger partial charge is 0.271 e. The Kier molecular flexibility index (Phi) is 5.80. The average molecular weight is 470 g/mol. The molecule has 1 N–H and O–H groups in total. The molecule has 0 bridgehead atoms. The number of carbonyl (C=O) groups is 1. The molecule has 168 valence electrons. The maximum Gasteiger partial charge on any atom is 0.271 e. The first-order chi connectivity index (χ1) is 16.6. The summed E-state index contributed by atoms with van der Waals surface area (Å²) >= 11 is 1.33. The summed E-state index contributed by atoms with van der Waals surface area (Å²) in [6, 6.07) is 23.7. The summed E-state index contributed by atoms with van der Waals surface area (Å²) in [5, 5.41) is 4.60. The molecule has 0 aliphatic carbocycles. The summed E-state index contributed by atoms with van der Waals surface area (Å²) in [7, 11) is 1.58. The van der Waals surface area contributed by atoms with Crippen molar-refractivity contribution in [3.05, 3.63) is 106 Å². The molecular formula is C26H19N3O4S. The van der Waals surface area contributed by atoms with Crippen molar-refractivity contribution in [2.45, 2.75) is 0 Å². The van der Waals surface area contributed by atoms with Gasteiger partial charge in [-0.15, -0.1) is 11.3 Å². The standard InChI is InChI=1S/C26H19N3O4S/c1-32-21-9-5-6-17(14-21)23-16-34-26-27-15-22(25(31)29(23)26)24(30)28-18-10-12-20(13-11-18)33-19-7-3-2-4-8-19/h2-16H,1H3,(H,28,30). The van der Waals surface area contributed by atoms with E-state index in [1.54, 1.807) is 31.4 Å². The number of carbonyl (C=O) groups excluding carboxylic acids is 1. The minimum atomic E-state index is -0.536. The van der Waals surface area contributed by atoms with E-state index in [2.05, 4.69) is 10.3 Å². The predicted octanol–water partition coefficient (Wildman–Crippen LogP) is 5.48. The van der Waals surface area contributed by atoms with Gasteiger partial charge in [-0.1, -0.05) is 30.3 Å². The first-order valence-electron chi connectivity index (χ1n) is 10.4. The third kappa shape index (κ3) is 4.26. The van der Waals surface area contributed by atoms with E-state index < -0.39 is 11.5 Å². The Labute approximate surface area is 198 Å². The molecule has 0 aliphatic heterocycles. The van der Waals surface area contributed by atoms with Gasteiger partial charge < -0.3 is 14.8 Å². The minimum absolute atomic E-state index is 0.0512. The van der Waals surface area contributed by atoms with Crippen LogP contribution in [0.5, 0.6) is 17.2 Å². The molecule has 0 saturated carbocycles. The maximum atomic E-state index is 13.2. The van der Waals surface area contributed by atoms with Crippen LogP contribution in [0.4, 0.5) is 5.69 Å². The van der Waals surface area contributed by atoms with Crippen molar-refractivity contribution in [2.24, 2.45) is 0 Å². The van der Waals surface area contributed by atoms with Crippen molar-refractivity contribution < 1.29 is 14.3 Å². The summed E-state index contributed by atoms with van der Waals surface area (Å²) in [5.41, 5.74) is 1.48. The SMILES string of the molecule is COc1cccc(-c2csc3ncc(C(=O)Nc4ccc(Oc5ccccc5)cc4)c(=O)n23)c1. The molecule has 5 aromatic rings. The second kappa shape index (κ2) is 9.21. The van der Waals surface area contributed by atoms with Crippen LogP contribution in [-0.4, -0.2) is 22.4 Å². The maximum absolute atomic E-state index is 13.2. The van der Waals surface area contributed by atoms with E-state index in [9.17, 15) is 9.59 Å². The zero-order valence-electron chi connectivity index (χ0n) is 18.1. The van der Waals surface area contributed by atoms with Gasteiger partial charge in [0.15, 0.2) is 4.96 Å². The first kappa shape index (κ1) is 21.4. The number of aromatic nitrogens is 2. The lowest BCUT2D eigenvalue weighted by Gasteiger charge is -2.09. The fraction of sp³-hybridized carbons (Fsp3) is 0.0385. The molecule has 2 heterocycles. The average Bonchev–Trinajstić information content (AvgIpc) is 3.31. The van der Waals surface area contributed by atoms with Crippen molar-refractivity contribution in [3.8, 4) is 28.5 Å². The number of methoxy groups -OCH3 is 1. The summed E-state index contributed by atoms with van der Waals surface area (Å²) in [5.74, 6) is 1.49. The number of nitrogens with zero attached hydrogens (tertiary/aromatic N) is 2. The fourth-order valence-electron chi connectivity index (χ4n) is 3.46. The van der Waals surface area contributed by atoms with Crippen LogP contribution in [0.3, 0.4) is 0 Å². The zero-order valence-corrected chi connectivity index (χ0v) is 18.9. The molecule has 0 unspecified atom stereocenters. The second-order valence-electron chi connectivity index (χ2n) is 7.34. The van der Waals surface area contributed by atoms with Gasteiger partial charge in [0.05, 0.1) is 12.8 Å². The van der Waals surface area contributed by atoms with E-state index in [0.717, 1.165) is 5.56 Å². The van der Waals surface area contributed by atoms with Gasteiger partial charge in [0.1, 0.15) is 22.8 Å². The number of benzene rings is 3. The predicted molar refractivity (Wildman–Crippen MR) is 132 cm³/mol. The molecule has 3 aromatic carbocycles. The Balaban J connectivity index is 1.40. The molecule has 0 radical (unpaired) electrons. The molecule has 0 saturated heterocycles. The molecule has 0 atom stereocenters. The largest absolute Gasteiger partial charge is 0.497 e. The fourth-order valence-corrected chi connectivity index (χ4v) is 4.32. The highest BCUT2D eigenvalue weighted by atomic mass is 32.1. The third-order valence-electron chi connectivity index (χ3n) is 5.15. The summed E-state index contributed by atoms with van der Waals surface area (Å²) in [4.78, 5) is 31.0. The molecule has 0 fully saturated rings. The van der Waals surface area contributed by atoms with Crippen LogP contribution in [0.2, 0.25) is 0 Å². The molecule has 5 rings (SSSR count). The quantitative estimate of drug-likeness (QED) is 0.356. The zero-order chi connectivity index (χ0) is 23.5. The normalized spacial score (nSPS) is 10.7. The van der Waals surface area contributed by atoms with E-state index >= 15 is 0 Å². The van der Waals surface area contributed by atoms with Gasteiger partial charge in [-0.05, 0) is 48.5 Å². The Morgan fingerprint density at radius 2 is 1.68 bits per heavy atom. The van der Waals surface area contributed by atoms with Crippen molar-refractivity contribution in [1.82, 2.24) is 9.38 Å². The Bertz CT molecular complexity index is 1530. The summed E-state index contributed by atoms with van der Waals surface area (Å²) < 4.78 is 12.5. The molecule has 0 aliphatic rings. The second-order valence-corrected chi connectivity index (χ2v) is 8.18. The molecule has 0 spiro atoms. The number of thiazole rings is 1. The Morgan fingerprint density at radius 1 is 0.941 bits per heavy atom. The Morgan fingerprint density at radius 3 is 2.44 bits per heavy atom. The molecule has 8 heteroatoms. The van der Waals surface area contributed by atoms with E-state index in [-0.39, 0.29) is 5.56 Å². The van der Waals surface area contributed by atoms with Crippen molar-refractivity contribution in [1.29, 1.82) is 0 Å². The monoisotopic (exact) mass is 469 g/mol. The van der Waals surface area contributed by atoms with Crippen LogP contribution >= 0.6 is 11.3 Å². The van der Waals surface area contributed by atoms with Crippen LogP contribution in [0.25, 0.3) is 16.2 Å². The lowest BCUT2D eigenvalue weighted by molar-refractivity contribution is 0.102. The number of hydrogen-bond donors (Lipinski definition) is 1. The molecule has 7 nitrogen and oxygen atoms in total. The van der Waals surface area contributed by atoms with Gasteiger partial charge in [-0.2, -0.15) is 0 Å². The number of fused-ring (bicyclic) bond motifs is 1. The van der Waals surface area contributed by atoms with Gasteiger partial charge in [-0.3, -0.25) is 14.0 Å². The number of anilines is 1. The van der Waals surface area contributed by atoms with E-state index in [1.165, 1.54) is 21.9 Å². The van der Waals surface area contributed by atoms with Crippen LogP contribution in [0.1, 0.15) is 10.4 Å². The highest BCUT2D eigenvalue weighted by Crippen LogP contribution is 2.27. The molecular weight excluding hydrogens is 450 g/mol. The lowest BCUT2D eigenvalue weighted by Crippen LogP contribution is -2.26. The molecule has 34 heavy (non-hydrogen) atoms. The lowest BCUT2D eigenvalue weighted by atomic mass is 10.1. The van der Waals surface area contributed by atoms with Crippen LogP contribution in [-0.2, 0) is 0 Å². The van der Waals surface area contributed by atoms with Crippen LogP contribution < -0.4 is 20.3 Å². The van der Waals surface area contributed by atoms with Crippen LogP contribution in [0, 0.1) is 0 Å². The van der Waals surface area contributed by atoms with Crippen LogP contribution in [0.15, 0.2) is 95.2 Å². The van der Waals surface area contributed by atoms with Gasteiger partial charge in [0.2, 0.25) is 0 Å². The highest BCUT2D eigenvalue weighted by Gasteiger charge is 2.17. The van der Waals surface area contributed by atoms with E-state index in [4.69, 9.17) is 9.47 Å². The highest BCUT2D eigenvalue weighted by molar-refractivity contribution is 7.15. The van der Waals surface area contributed by atoms with E-state index in [0.29, 0.717) is 33.6 Å². The number of para-hydroxylation sites is 1. The van der Waals surface area contributed by atoms with E-state index in [1.807, 2.05) is 60.0 Å². The molecule has 1 amide bonds. The number of amides is 1. The summed E-state index contributed by atoms with van der Waals surface area (Å²) in [6.07, 6.45) is 1.31. The summed E-state index contributed by atoms with van der Waals surface area (Å²) in [6.45, 7) is 0. The van der Waals surface area contributed by atoms with Gasteiger partial charge >= 0.3 is 0 Å². The van der Waals surface area contributed by atoms with Crippen molar-refractivity contribution >= 4 is 27.9 Å². The topological polar surface area (TPSA) is 81.9 Å². The minimum Gasteiger partial charge on any atom is -0.497 e. The molecule has 2 aromatic heterocycles. The van der Waals surface area contributed by atoms with Gasteiger partial charge in [0, 0.05) is 22.8 Å². The number of nitrogens with one attached hydrogen (secondary N) is 1. The number of hydrogen-bond acceptors (Lipinski definition) is 6. The van der Waals surface area contributed by atoms with Crippen molar-refractivity contribution in [2.75, 3.05) is 12.4 Å². The van der Waals surface area contributed by atoms with Crippen molar-refractivity contribution in [3.63, 3.8) is 0 Å². The number of rotatable bonds is 6. The van der Waals surface area contributed by atoms with Gasteiger partial charge in [-0.25, -0.2) is 4.98 Å². The first-order valence-corrected chi connectivity index (χ1v) is 11.3. The third-order valence-corrected chi connectivity index (χ3v) is 5.99.